The van der Waals surface area contributed by atoms with Crippen LogP contribution in [0.25, 0.3) is 0 Å². The lowest BCUT2D eigenvalue weighted by Gasteiger charge is -2.04. The first-order valence-corrected chi connectivity index (χ1v) is 4.74. The summed E-state index contributed by atoms with van der Waals surface area (Å²) in [5.74, 6) is -0.276. The van der Waals surface area contributed by atoms with Crippen molar-refractivity contribution in [3.63, 3.8) is 0 Å². The van der Waals surface area contributed by atoms with E-state index in [1.165, 1.54) is 13.0 Å². The second kappa shape index (κ2) is 4.01. The zero-order valence-electron chi connectivity index (χ0n) is 7.53. The standard InChI is InChI=1S/C10H10BrFO/c1-6-3-8(5-7(2)13)10(11)9(12)4-6/h3-4H,5H2,1-2H3. The van der Waals surface area contributed by atoms with E-state index in [0.29, 0.717) is 10.0 Å². The number of Topliss-reactive ketones (excluding diaryl/α,β-unsaturated/α-hetero) is 1. The number of hydrogen-bond acceptors (Lipinski definition) is 1. The molecule has 0 aromatic heterocycles. The fourth-order valence-electron chi connectivity index (χ4n) is 1.19. The maximum atomic E-state index is 13.1. The number of aryl methyl sites for hydroxylation is 1. The van der Waals surface area contributed by atoms with E-state index in [4.69, 9.17) is 0 Å². The smallest absolute Gasteiger partial charge is 0.137 e. The van der Waals surface area contributed by atoms with Gasteiger partial charge in [0.05, 0.1) is 4.47 Å². The lowest BCUT2D eigenvalue weighted by atomic mass is 10.1. The van der Waals surface area contributed by atoms with Crippen molar-refractivity contribution in [3.8, 4) is 0 Å². The molecule has 1 rings (SSSR count). The summed E-state index contributed by atoms with van der Waals surface area (Å²) in [5.41, 5.74) is 1.54. The summed E-state index contributed by atoms with van der Waals surface area (Å²) in [6.07, 6.45) is 0.277. The van der Waals surface area contributed by atoms with Gasteiger partial charge in [0, 0.05) is 6.42 Å². The molecule has 0 saturated carbocycles. The molecule has 1 aromatic carbocycles. The predicted octanol–water partition coefficient (Wildman–Crippen LogP) is 3.03. The zero-order valence-corrected chi connectivity index (χ0v) is 9.11. The number of carbonyl (C=O) groups excluding carboxylic acids is 1. The monoisotopic (exact) mass is 244 g/mol. The van der Waals surface area contributed by atoms with E-state index >= 15 is 0 Å². The van der Waals surface area contributed by atoms with Gasteiger partial charge in [-0.2, -0.15) is 0 Å². The molecule has 0 fully saturated rings. The number of hydrogen-bond donors (Lipinski definition) is 0. The molecule has 0 bridgehead atoms. The van der Waals surface area contributed by atoms with Crippen LogP contribution in [0.3, 0.4) is 0 Å². The topological polar surface area (TPSA) is 17.1 Å². The van der Waals surface area contributed by atoms with Crippen LogP contribution in [-0.4, -0.2) is 5.78 Å². The molecule has 0 radical (unpaired) electrons. The molecule has 1 aromatic rings. The summed E-state index contributed by atoms with van der Waals surface area (Å²) < 4.78 is 13.5. The Balaban J connectivity index is 3.12. The molecule has 0 aliphatic rings. The molecule has 13 heavy (non-hydrogen) atoms. The van der Waals surface area contributed by atoms with Crippen LogP contribution in [0.15, 0.2) is 16.6 Å². The van der Waals surface area contributed by atoms with Crippen molar-refractivity contribution < 1.29 is 9.18 Å². The number of ketones is 1. The number of rotatable bonds is 2. The molecule has 0 aliphatic heterocycles. The lowest BCUT2D eigenvalue weighted by molar-refractivity contribution is -0.116. The summed E-state index contributed by atoms with van der Waals surface area (Å²) in [7, 11) is 0. The van der Waals surface area contributed by atoms with Crippen LogP contribution in [0.1, 0.15) is 18.1 Å². The van der Waals surface area contributed by atoms with Gasteiger partial charge in [-0.3, -0.25) is 4.79 Å². The van der Waals surface area contributed by atoms with Gasteiger partial charge in [0.15, 0.2) is 0 Å². The number of carbonyl (C=O) groups is 1. The lowest BCUT2D eigenvalue weighted by Crippen LogP contribution is -1.99. The van der Waals surface area contributed by atoms with Crippen LogP contribution in [0.5, 0.6) is 0 Å². The summed E-state index contributed by atoms with van der Waals surface area (Å²) >= 11 is 3.12. The Morgan fingerprint density at radius 1 is 1.54 bits per heavy atom. The van der Waals surface area contributed by atoms with Gasteiger partial charge in [-0.15, -0.1) is 0 Å². The Hall–Kier alpha value is -0.700. The Morgan fingerprint density at radius 3 is 2.69 bits per heavy atom. The van der Waals surface area contributed by atoms with E-state index in [1.807, 2.05) is 6.07 Å². The van der Waals surface area contributed by atoms with Crippen molar-refractivity contribution in [1.29, 1.82) is 0 Å². The molecular weight excluding hydrogens is 235 g/mol. The van der Waals surface area contributed by atoms with E-state index in [1.54, 1.807) is 6.92 Å². The fraction of sp³-hybridized carbons (Fsp3) is 0.300. The van der Waals surface area contributed by atoms with Crippen molar-refractivity contribution in [2.45, 2.75) is 20.3 Å². The van der Waals surface area contributed by atoms with Gasteiger partial charge in [0.2, 0.25) is 0 Å². The highest BCUT2D eigenvalue weighted by Gasteiger charge is 2.08. The van der Waals surface area contributed by atoms with E-state index in [-0.39, 0.29) is 18.0 Å². The molecular formula is C10H10BrFO. The summed E-state index contributed by atoms with van der Waals surface area (Å²) in [4.78, 5) is 10.8. The van der Waals surface area contributed by atoms with Crippen LogP contribution in [-0.2, 0) is 11.2 Å². The Labute approximate surface area is 85.1 Å². The minimum atomic E-state index is -0.309. The van der Waals surface area contributed by atoms with Crippen molar-refractivity contribution in [3.05, 3.63) is 33.5 Å². The number of benzene rings is 1. The normalized spacial score (nSPS) is 10.2. The van der Waals surface area contributed by atoms with Crippen molar-refractivity contribution in [2.24, 2.45) is 0 Å². The van der Waals surface area contributed by atoms with Gasteiger partial charge in [-0.05, 0) is 47.0 Å². The maximum Gasteiger partial charge on any atom is 0.137 e. The van der Waals surface area contributed by atoms with Gasteiger partial charge >= 0.3 is 0 Å². The summed E-state index contributed by atoms with van der Waals surface area (Å²) in [6, 6.07) is 3.25. The van der Waals surface area contributed by atoms with Crippen molar-refractivity contribution in [1.82, 2.24) is 0 Å². The first-order valence-electron chi connectivity index (χ1n) is 3.94. The molecule has 0 aliphatic carbocycles. The second-order valence-corrected chi connectivity index (χ2v) is 3.89. The molecule has 0 atom stereocenters. The first-order chi connectivity index (χ1) is 6.00. The van der Waals surface area contributed by atoms with Gasteiger partial charge in [0.1, 0.15) is 11.6 Å². The Kier molecular flexibility index (Phi) is 3.20. The van der Waals surface area contributed by atoms with Gasteiger partial charge in [-0.25, -0.2) is 4.39 Å². The predicted molar refractivity (Wildman–Crippen MR) is 53.2 cm³/mol. The highest BCUT2D eigenvalue weighted by molar-refractivity contribution is 9.10. The molecule has 0 amide bonds. The fourth-order valence-corrected chi connectivity index (χ4v) is 1.56. The van der Waals surface area contributed by atoms with Gasteiger partial charge in [-0.1, -0.05) is 6.07 Å². The molecule has 1 nitrogen and oxygen atoms in total. The highest BCUT2D eigenvalue weighted by atomic mass is 79.9. The third-order valence-electron chi connectivity index (χ3n) is 1.69. The molecule has 0 unspecified atom stereocenters. The van der Waals surface area contributed by atoms with Gasteiger partial charge < -0.3 is 0 Å². The quantitative estimate of drug-likeness (QED) is 0.782. The minimum Gasteiger partial charge on any atom is -0.300 e. The molecule has 70 valence electrons. The second-order valence-electron chi connectivity index (χ2n) is 3.10. The van der Waals surface area contributed by atoms with E-state index < -0.39 is 0 Å². The summed E-state index contributed by atoms with van der Waals surface area (Å²) in [5, 5.41) is 0. The van der Waals surface area contributed by atoms with Crippen LogP contribution in [0.4, 0.5) is 4.39 Å². The molecule has 0 N–H and O–H groups in total. The molecule has 3 heteroatoms. The van der Waals surface area contributed by atoms with Crippen LogP contribution >= 0.6 is 15.9 Å². The van der Waals surface area contributed by atoms with Crippen LogP contribution in [0.2, 0.25) is 0 Å². The third-order valence-corrected chi connectivity index (χ3v) is 2.58. The molecule has 0 heterocycles. The van der Waals surface area contributed by atoms with E-state index in [2.05, 4.69) is 15.9 Å². The van der Waals surface area contributed by atoms with E-state index in [9.17, 15) is 9.18 Å². The van der Waals surface area contributed by atoms with Crippen molar-refractivity contribution in [2.75, 3.05) is 0 Å². The van der Waals surface area contributed by atoms with Crippen molar-refractivity contribution >= 4 is 21.7 Å². The molecule has 0 saturated heterocycles. The first kappa shape index (κ1) is 10.4. The summed E-state index contributed by atoms with van der Waals surface area (Å²) in [6.45, 7) is 3.30. The Morgan fingerprint density at radius 2 is 2.15 bits per heavy atom. The van der Waals surface area contributed by atoms with Crippen LogP contribution < -0.4 is 0 Å². The Bertz CT molecular complexity index is 347. The maximum absolute atomic E-state index is 13.1. The number of halogens is 2. The van der Waals surface area contributed by atoms with E-state index in [0.717, 1.165) is 5.56 Å². The average Bonchev–Trinajstić information content (AvgIpc) is 1.98. The average molecular weight is 245 g/mol. The minimum absolute atomic E-state index is 0.0331. The van der Waals surface area contributed by atoms with Gasteiger partial charge in [0.25, 0.3) is 0 Å². The third kappa shape index (κ3) is 2.62. The zero-order chi connectivity index (χ0) is 10.0. The van der Waals surface area contributed by atoms with Crippen LogP contribution in [0, 0.1) is 12.7 Å². The molecule has 0 spiro atoms. The SMILES string of the molecule is CC(=O)Cc1cc(C)cc(F)c1Br. The largest absolute Gasteiger partial charge is 0.300 e. The highest BCUT2D eigenvalue weighted by Crippen LogP contribution is 2.22.